The lowest BCUT2D eigenvalue weighted by molar-refractivity contribution is -0.142. The van der Waals surface area contributed by atoms with Gasteiger partial charge in [-0.15, -0.1) is 0 Å². The lowest BCUT2D eigenvalue weighted by Crippen LogP contribution is -2.22. The molecular formula is C26H22ClN3O4. The minimum Gasteiger partial charge on any atom is -0.461 e. The van der Waals surface area contributed by atoms with E-state index in [-0.39, 0.29) is 17.7 Å². The molecule has 0 saturated carbocycles. The van der Waals surface area contributed by atoms with E-state index in [4.69, 9.17) is 20.8 Å². The van der Waals surface area contributed by atoms with Crippen LogP contribution in [0.5, 0.6) is 0 Å². The van der Waals surface area contributed by atoms with E-state index in [2.05, 4.69) is 15.3 Å². The number of ether oxygens (including phenoxy) is 1. The van der Waals surface area contributed by atoms with E-state index in [0.717, 1.165) is 5.56 Å². The summed E-state index contributed by atoms with van der Waals surface area (Å²) in [5.74, 6) is -0.819. The Labute approximate surface area is 201 Å². The maximum atomic E-state index is 13.4. The van der Waals surface area contributed by atoms with Crippen LogP contribution in [0, 0.1) is 13.8 Å². The predicted octanol–water partition coefficient (Wildman–Crippen LogP) is 5.65. The molecule has 172 valence electrons. The van der Waals surface area contributed by atoms with Gasteiger partial charge in [-0.2, -0.15) is 0 Å². The molecule has 1 N–H and O–H groups in total. The second kappa shape index (κ2) is 9.89. The zero-order chi connectivity index (χ0) is 24.2. The summed E-state index contributed by atoms with van der Waals surface area (Å²) in [5.41, 5.74) is 4.16. The number of anilines is 1. The van der Waals surface area contributed by atoms with Gasteiger partial charge in [-0.1, -0.05) is 29.8 Å². The Hall–Kier alpha value is -3.97. The van der Waals surface area contributed by atoms with E-state index in [1.54, 1.807) is 49.5 Å². The number of rotatable bonds is 5. The van der Waals surface area contributed by atoms with Crippen LogP contribution in [0.25, 0.3) is 11.0 Å². The number of carbonyl (C=O) groups excluding carboxylic acids is 2. The Balaban J connectivity index is 1.91. The number of carbonyl (C=O) groups is 2. The van der Waals surface area contributed by atoms with E-state index in [1.165, 1.54) is 6.92 Å². The van der Waals surface area contributed by atoms with Gasteiger partial charge in [0.1, 0.15) is 12.2 Å². The Morgan fingerprint density at radius 3 is 2.65 bits per heavy atom. The maximum absolute atomic E-state index is 13.4. The highest BCUT2D eigenvalue weighted by Gasteiger charge is 2.17. The predicted molar refractivity (Wildman–Crippen MR) is 130 cm³/mol. The molecular weight excluding hydrogens is 454 g/mol. The van der Waals surface area contributed by atoms with Crippen molar-refractivity contribution < 1.29 is 18.7 Å². The molecule has 0 fully saturated rings. The zero-order valence-electron chi connectivity index (χ0n) is 18.9. The number of halogens is 1. The number of hydrogen-bond acceptors (Lipinski definition) is 6. The van der Waals surface area contributed by atoms with Crippen LogP contribution in [0.4, 0.5) is 11.4 Å². The molecule has 2 aromatic heterocycles. The van der Waals surface area contributed by atoms with Crippen LogP contribution < -0.4 is 10.9 Å². The van der Waals surface area contributed by atoms with Gasteiger partial charge in [0.2, 0.25) is 5.55 Å². The standard InChI is InChI=1S/C26H22ClN3O4/c1-15-6-4-8-20(10-15)29-25(32)23-12-22-18(14-33-17(3)31)13-28-16(2)24(22)34-26(23)30-21-9-5-7-19(27)11-21/h4-13H,14H2,1-3H3,(H,29,32). The molecule has 2 heterocycles. The highest BCUT2D eigenvalue weighted by molar-refractivity contribution is 6.30. The molecule has 0 atom stereocenters. The van der Waals surface area contributed by atoms with Crippen LogP contribution >= 0.6 is 11.6 Å². The van der Waals surface area contributed by atoms with Crippen LogP contribution in [0.2, 0.25) is 5.02 Å². The Morgan fingerprint density at radius 1 is 1.12 bits per heavy atom. The van der Waals surface area contributed by atoms with Crippen LogP contribution in [0.1, 0.15) is 34.1 Å². The maximum Gasteiger partial charge on any atom is 0.302 e. The molecule has 2 aromatic carbocycles. The van der Waals surface area contributed by atoms with Gasteiger partial charge in [-0.25, -0.2) is 4.99 Å². The number of benzene rings is 2. The highest BCUT2D eigenvalue weighted by atomic mass is 35.5. The summed E-state index contributed by atoms with van der Waals surface area (Å²) in [4.78, 5) is 33.6. The van der Waals surface area contributed by atoms with Gasteiger partial charge in [0.05, 0.1) is 11.4 Å². The number of aryl methyl sites for hydroxylation is 2. The van der Waals surface area contributed by atoms with E-state index in [0.29, 0.717) is 38.6 Å². The SMILES string of the molecule is CC(=O)OCc1cnc(C)c2oc(=Nc3cccc(Cl)c3)c(C(=O)Nc3cccc(C)c3)cc12. The van der Waals surface area contributed by atoms with Crippen LogP contribution in [0.15, 0.2) is 70.2 Å². The molecule has 0 radical (unpaired) electrons. The van der Waals surface area contributed by atoms with Crippen molar-refractivity contribution in [3.63, 3.8) is 0 Å². The number of nitrogens with zero attached hydrogens (tertiary/aromatic N) is 2. The van der Waals surface area contributed by atoms with Crippen molar-refractivity contribution in [3.05, 3.63) is 93.8 Å². The molecule has 34 heavy (non-hydrogen) atoms. The molecule has 4 rings (SSSR count). The number of aromatic nitrogens is 1. The molecule has 0 aliphatic rings. The van der Waals surface area contributed by atoms with Crippen molar-refractivity contribution in [3.8, 4) is 0 Å². The van der Waals surface area contributed by atoms with Gasteiger partial charge in [0.15, 0.2) is 5.58 Å². The van der Waals surface area contributed by atoms with Gasteiger partial charge >= 0.3 is 5.97 Å². The first-order valence-corrected chi connectivity index (χ1v) is 10.9. The third kappa shape index (κ3) is 5.32. The average Bonchev–Trinajstić information content (AvgIpc) is 2.78. The number of hydrogen-bond donors (Lipinski definition) is 1. The minimum absolute atomic E-state index is 0.00163. The van der Waals surface area contributed by atoms with Crippen molar-refractivity contribution in [1.29, 1.82) is 0 Å². The second-order valence-electron chi connectivity index (χ2n) is 7.77. The summed E-state index contributed by atoms with van der Waals surface area (Å²) < 4.78 is 11.3. The third-order valence-electron chi connectivity index (χ3n) is 5.04. The molecule has 1 amide bonds. The monoisotopic (exact) mass is 475 g/mol. The quantitative estimate of drug-likeness (QED) is 0.376. The fourth-order valence-corrected chi connectivity index (χ4v) is 3.60. The van der Waals surface area contributed by atoms with Gasteiger partial charge in [-0.05, 0) is 55.8 Å². The molecule has 0 saturated heterocycles. The number of pyridine rings is 1. The summed E-state index contributed by atoms with van der Waals surface area (Å²) in [6.45, 7) is 5.06. The van der Waals surface area contributed by atoms with Crippen molar-refractivity contribution >= 4 is 45.8 Å². The number of nitrogens with one attached hydrogen (secondary N) is 1. The topological polar surface area (TPSA) is 93.8 Å². The largest absolute Gasteiger partial charge is 0.461 e. The molecule has 4 aromatic rings. The second-order valence-corrected chi connectivity index (χ2v) is 8.21. The van der Waals surface area contributed by atoms with Gasteiger partial charge < -0.3 is 14.5 Å². The molecule has 7 nitrogen and oxygen atoms in total. The van der Waals surface area contributed by atoms with Gasteiger partial charge in [0, 0.05) is 34.8 Å². The van der Waals surface area contributed by atoms with Gasteiger partial charge in [-0.3, -0.25) is 14.6 Å². The minimum atomic E-state index is -0.421. The van der Waals surface area contributed by atoms with Crippen LogP contribution in [-0.4, -0.2) is 16.9 Å². The van der Waals surface area contributed by atoms with Crippen LogP contribution in [-0.2, 0) is 16.1 Å². The third-order valence-corrected chi connectivity index (χ3v) is 5.28. The summed E-state index contributed by atoms with van der Waals surface area (Å²) in [6.07, 6.45) is 1.60. The average molecular weight is 476 g/mol. The van der Waals surface area contributed by atoms with E-state index in [1.807, 2.05) is 25.1 Å². The number of amides is 1. The van der Waals surface area contributed by atoms with Crippen molar-refractivity contribution in [2.45, 2.75) is 27.4 Å². The molecule has 0 aliphatic carbocycles. The summed E-state index contributed by atoms with van der Waals surface area (Å²) in [6, 6.07) is 16.1. The van der Waals surface area contributed by atoms with Crippen LogP contribution in [0.3, 0.4) is 0 Å². The number of esters is 1. The number of fused-ring (bicyclic) bond motifs is 1. The van der Waals surface area contributed by atoms with E-state index in [9.17, 15) is 9.59 Å². The fourth-order valence-electron chi connectivity index (χ4n) is 3.41. The lowest BCUT2D eigenvalue weighted by Gasteiger charge is -2.11. The molecule has 0 unspecified atom stereocenters. The van der Waals surface area contributed by atoms with Gasteiger partial charge in [0.25, 0.3) is 5.91 Å². The van der Waals surface area contributed by atoms with Crippen molar-refractivity contribution in [1.82, 2.24) is 4.98 Å². The molecule has 0 spiro atoms. The Morgan fingerprint density at radius 2 is 1.91 bits per heavy atom. The highest BCUT2D eigenvalue weighted by Crippen LogP contribution is 2.23. The smallest absolute Gasteiger partial charge is 0.302 e. The Kier molecular flexibility index (Phi) is 6.75. The molecule has 0 aliphatic heterocycles. The molecule has 8 heteroatoms. The van der Waals surface area contributed by atoms with E-state index >= 15 is 0 Å². The zero-order valence-corrected chi connectivity index (χ0v) is 19.6. The lowest BCUT2D eigenvalue weighted by atomic mass is 10.1. The first-order chi connectivity index (χ1) is 16.3. The van der Waals surface area contributed by atoms with E-state index < -0.39 is 11.9 Å². The van der Waals surface area contributed by atoms with Crippen molar-refractivity contribution in [2.75, 3.05) is 5.32 Å². The first-order valence-electron chi connectivity index (χ1n) is 10.5. The summed E-state index contributed by atoms with van der Waals surface area (Å²) in [7, 11) is 0. The first kappa shape index (κ1) is 23.2. The normalized spacial score (nSPS) is 11.5. The molecule has 0 bridgehead atoms. The summed E-state index contributed by atoms with van der Waals surface area (Å²) in [5, 5.41) is 4.01. The summed E-state index contributed by atoms with van der Waals surface area (Å²) >= 11 is 6.12. The Bertz CT molecular complexity index is 1480. The van der Waals surface area contributed by atoms with Crippen molar-refractivity contribution in [2.24, 2.45) is 4.99 Å². The fraction of sp³-hybridized carbons (Fsp3) is 0.154.